The van der Waals surface area contributed by atoms with Crippen LogP contribution < -0.4 is 5.32 Å². The van der Waals surface area contributed by atoms with Gasteiger partial charge in [0.15, 0.2) is 0 Å². The van der Waals surface area contributed by atoms with Crippen LogP contribution in [-0.2, 0) is 13.2 Å². The Hall–Kier alpha value is -1.17. The van der Waals surface area contributed by atoms with Crippen molar-refractivity contribution in [3.63, 3.8) is 0 Å². The van der Waals surface area contributed by atoms with Gasteiger partial charge in [-0.2, -0.15) is 0 Å². The van der Waals surface area contributed by atoms with Gasteiger partial charge in [0.2, 0.25) is 0 Å². The Labute approximate surface area is 107 Å². The number of aromatic nitrogens is 1. The molecule has 2 heterocycles. The topological polar surface area (TPSA) is 68.6 Å². The van der Waals surface area contributed by atoms with Crippen LogP contribution in [0.4, 0.5) is 0 Å². The lowest BCUT2D eigenvalue weighted by atomic mass is 10.1. The molecule has 1 aromatic rings. The van der Waals surface area contributed by atoms with Gasteiger partial charge in [-0.3, -0.25) is 4.98 Å². The summed E-state index contributed by atoms with van der Waals surface area (Å²) in [5.41, 5.74) is 2.06. The summed E-state index contributed by atoms with van der Waals surface area (Å²) in [4.78, 5) is 6.34. The number of aliphatic hydroxyl groups excluding tert-OH is 1. The molecule has 1 aliphatic rings. The third-order valence-electron chi connectivity index (χ3n) is 3.56. The zero-order valence-corrected chi connectivity index (χ0v) is 11.0. The Morgan fingerprint density at radius 3 is 2.94 bits per heavy atom. The van der Waals surface area contributed by atoms with Crippen molar-refractivity contribution in [2.45, 2.75) is 32.5 Å². The van der Waals surface area contributed by atoms with E-state index in [0.717, 1.165) is 25.1 Å². The number of pyridine rings is 1. The molecule has 1 unspecified atom stereocenters. The molecular weight excluding hydrogens is 230 g/mol. The van der Waals surface area contributed by atoms with E-state index in [4.69, 9.17) is 0 Å². The van der Waals surface area contributed by atoms with Gasteiger partial charge < -0.3 is 20.4 Å². The average molecular weight is 251 g/mol. The molecule has 0 spiro atoms. The first-order chi connectivity index (χ1) is 8.61. The highest BCUT2D eigenvalue weighted by atomic mass is 16.3. The Morgan fingerprint density at radius 1 is 1.56 bits per heavy atom. The smallest absolute Gasteiger partial charge is 0.141 e. The number of likely N-dealkylation sites (tertiary alicyclic amines) is 1. The van der Waals surface area contributed by atoms with Crippen LogP contribution in [0.1, 0.15) is 23.2 Å². The summed E-state index contributed by atoms with van der Waals surface area (Å²) in [6.45, 7) is 4.38. The minimum absolute atomic E-state index is 0.0948. The summed E-state index contributed by atoms with van der Waals surface area (Å²) in [6.07, 6.45) is 2.75. The number of hydrogen-bond donors (Lipinski definition) is 3. The van der Waals surface area contributed by atoms with E-state index in [-0.39, 0.29) is 12.4 Å². The van der Waals surface area contributed by atoms with Crippen molar-refractivity contribution in [3.8, 4) is 5.75 Å². The van der Waals surface area contributed by atoms with Crippen LogP contribution in [0.25, 0.3) is 0 Å². The van der Waals surface area contributed by atoms with Gasteiger partial charge >= 0.3 is 0 Å². The predicted molar refractivity (Wildman–Crippen MR) is 69.3 cm³/mol. The SMILES string of the molecule is Cc1ncc(CO)c(CNC2CCN(C)C2)c1O. The van der Waals surface area contributed by atoms with E-state index in [1.165, 1.54) is 0 Å². The molecule has 5 heteroatoms. The summed E-state index contributed by atoms with van der Waals surface area (Å²) >= 11 is 0. The van der Waals surface area contributed by atoms with Gasteiger partial charge in [-0.15, -0.1) is 0 Å². The quantitative estimate of drug-likeness (QED) is 0.722. The number of aryl methyl sites for hydroxylation is 1. The zero-order valence-electron chi connectivity index (χ0n) is 11.0. The largest absolute Gasteiger partial charge is 0.506 e. The van der Waals surface area contributed by atoms with Crippen LogP contribution in [0.3, 0.4) is 0 Å². The number of rotatable bonds is 4. The third-order valence-corrected chi connectivity index (χ3v) is 3.56. The number of aromatic hydroxyl groups is 1. The van der Waals surface area contributed by atoms with Crippen molar-refractivity contribution in [3.05, 3.63) is 23.0 Å². The summed E-state index contributed by atoms with van der Waals surface area (Å²) in [7, 11) is 2.11. The average Bonchev–Trinajstić information content (AvgIpc) is 2.77. The van der Waals surface area contributed by atoms with E-state index in [1.807, 2.05) is 0 Å². The molecule has 3 N–H and O–H groups in total. The summed E-state index contributed by atoms with van der Waals surface area (Å²) in [6, 6.07) is 0.453. The van der Waals surface area contributed by atoms with Crippen LogP contribution in [-0.4, -0.2) is 46.3 Å². The molecule has 0 amide bonds. The zero-order chi connectivity index (χ0) is 13.1. The molecule has 0 aromatic carbocycles. The lowest BCUT2D eigenvalue weighted by Crippen LogP contribution is -2.31. The number of hydrogen-bond acceptors (Lipinski definition) is 5. The third kappa shape index (κ3) is 2.80. The van der Waals surface area contributed by atoms with Crippen LogP contribution in [0.15, 0.2) is 6.20 Å². The van der Waals surface area contributed by atoms with Crippen LogP contribution in [0.2, 0.25) is 0 Å². The second kappa shape index (κ2) is 5.65. The van der Waals surface area contributed by atoms with Crippen molar-refractivity contribution < 1.29 is 10.2 Å². The first-order valence-electron chi connectivity index (χ1n) is 6.31. The van der Waals surface area contributed by atoms with Gasteiger partial charge in [0.25, 0.3) is 0 Å². The van der Waals surface area contributed by atoms with Gasteiger partial charge in [-0.25, -0.2) is 0 Å². The van der Waals surface area contributed by atoms with E-state index in [1.54, 1.807) is 13.1 Å². The molecule has 0 aliphatic carbocycles. The number of likely N-dealkylation sites (N-methyl/N-ethyl adjacent to an activating group) is 1. The van der Waals surface area contributed by atoms with Crippen molar-refractivity contribution in [2.24, 2.45) is 0 Å². The van der Waals surface area contributed by atoms with Gasteiger partial charge in [-0.1, -0.05) is 0 Å². The van der Waals surface area contributed by atoms with Crippen LogP contribution >= 0.6 is 0 Å². The maximum absolute atomic E-state index is 10.0. The van der Waals surface area contributed by atoms with Crippen molar-refractivity contribution in [1.82, 2.24) is 15.2 Å². The first-order valence-corrected chi connectivity index (χ1v) is 6.31. The van der Waals surface area contributed by atoms with Crippen molar-refractivity contribution in [1.29, 1.82) is 0 Å². The Balaban J connectivity index is 2.06. The number of nitrogens with zero attached hydrogens (tertiary/aromatic N) is 2. The van der Waals surface area contributed by atoms with Gasteiger partial charge in [0.05, 0.1) is 12.3 Å². The molecule has 0 saturated carbocycles. The molecule has 1 fully saturated rings. The molecular formula is C13H21N3O2. The predicted octanol–water partition coefficient (Wildman–Crippen LogP) is 0.382. The molecule has 0 bridgehead atoms. The molecule has 0 radical (unpaired) electrons. The number of nitrogens with one attached hydrogen (secondary N) is 1. The first kappa shape index (κ1) is 13.3. The highest BCUT2D eigenvalue weighted by Crippen LogP contribution is 2.24. The second-order valence-electron chi connectivity index (χ2n) is 4.98. The Kier molecular flexibility index (Phi) is 4.16. The van der Waals surface area contributed by atoms with E-state index in [9.17, 15) is 10.2 Å². The lowest BCUT2D eigenvalue weighted by Gasteiger charge is -2.16. The maximum atomic E-state index is 10.0. The Morgan fingerprint density at radius 2 is 2.33 bits per heavy atom. The van der Waals surface area contributed by atoms with Crippen molar-refractivity contribution in [2.75, 3.05) is 20.1 Å². The van der Waals surface area contributed by atoms with Crippen LogP contribution in [0, 0.1) is 6.92 Å². The maximum Gasteiger partial charge on any atom is 0.141 e. The van der Waals surface area contributed by atoms with Gasteiger partial charge in [-0.05, 0) is 26.9 Å². The Bertz CT molecular complexity index is 423. The molecule has 1 saturated heterocycles. The van der Waals surface area contributed by atoms with E-state index < -0.39 is 0 Å². The van der Waals surface area contributed by atoms with Crippen molar-refractivity contribution >= 4 is 0 Å². The fourth-order valence-electron chi connectivity index (χ4n) is 2.37. The monoisotopic (exact) mass is 251 g/mol. The molecule has 5 nitrogen and oxygen atoms in total. The molecule has 1 aromatic heterocycles. The fraction of sp³-hybridized carbons (Fsp3) is 0.615. The summed E-state index contributed by atoms with van der Waals surface area (Å²) < 4.78 is 0. The van der Waals surface area contributed by atoms with E-state index in [2.05, 4.69) is 22.2 Å². The molecule has 100 valence electrons. The highest BCUT2D eigenvalue weighted by Gasteiger charge is 2.20. The normalized spacial score (nSPS) is 20.5. The highest BCUT2D eigenvalue weighted by molar-refractivity contribution is 5.40. The summed E-state index contributed by atoms with van der Waals surface area (Å²) in [5, 5.41) is 22.7. The summed E-state index contributed by atoms with van der Waals surface area (Å²) in [5.74, 6) is 0.195. The van der Waals surface area contributed by atoms with E-state index >= 15 is 0 Å². The second-order valence-corrected chi connectivity index (χ2v) is 4.98. The molecule has 1 aliphatic heterocycles. The molecule has 2 rings (SSSR count). The minimum atomic E-state index is -0.0948. The molecule has 18 heavy (non-hydrogen) atoms. The molecule has 1 atom stereocenters. The fourth-order valence-corrected chi connectivity index (χ4v) is 2.37. The number of aliphatic hydroxyl groups is 1. The minimum Gasteiger partial charge on any atom is -0.506 e. The lowest BCUT2D eigenvalue weighted by molar-refractivity contribution is 0.278. The van der Waals surface area contributed by atoms with E-state index in [0.29, 0.717) is 23.8 Å². The van der Waals surface area contributed by atoms with Gasteiger partial charge in [0.1, 0.15) is 5.75 Å². The van der Waals surface area contributed by atoms with Gasteiger partial charge in [0, 0.05) is 36.5 Å². The van der Waals surface area contributed by atoms with Crippen LogP contribution in [0.5, 0.6) is 5.75 Å². The standard InChI is InChI=1S/C13H21N3O2/c1-9-13(18)12(10(8-17)5-14-9)6-15-11-3-4-16(2)7-11/h5,11,15,17-18H,3-4,6-8H2,1-2H3.